The fraction of sp³-hybridized carbons (Fsp3) is 0.462. The molecule has 0 N–H and O–H groups in total. The molecule has 1 aliphatic rings. The van der Waals surface area contributed by atoms with E-state index in [0.29, 0.717) is 5.56 Å². The molecule has 80 valence electrons. The quantitative estimate of drug-likeness (QED) is 0.705. The number of carbonyl (C=O) groups excluding carboxylic acids is 1. The molecular weight excluding hydrogens is 188 g/mol. The maximum atomic E-state index is 11.2. The van der Waals surface area contributed by atoms with Crippen molar-refractivity contribution >= 4 is 5.97 Å². The Bertz CT molecular complexity index is 336. The average Bonchev–Trinajstić information content (AvgIpc) is 3.10. The van der Waals surface area contributed by atoms with Crippen molar-refractivity contribution in [3.8, 4) is 0 Å². The SMILES string of the molecule is COC(=O)c1ccc(CCC2CC2)cc1. The van der Waals surface area contributed by atoms with Crippen LogP contribution in [0.4, 0.5) is 0 Å². The molecule has 0 unspecified atom stereocenters. The fourth-order valence-corrected chi connectivity index (χ4v) is 1.70. The van der Waals surface area contributed by atoms with Gasteiger partial charge < -0.3 is 4.74 Å². The standard InChI is InChI=1S/C13H16O2/c1-15-13(14)12-8-6-11(7-9-12)5-4-10-2-3-10/h6-10H,2-5H2,1H3. The van der Waals surface area contributed by atoms with Gasteiger partial charge >= 0.3 is 5.97 Å². The maximum Gasteiger partial charge on any atom is 0.337 e. The van der Waals surface area contributed by atoms with Crippen molar-refractivity contribution in [3.63, 3.8) is 0 Å². The summed E-state index contributed by atoms with van der Waals surface area (Å²) in [6.45, 7) is 0. The maximum absolute atomic E-state index is 11.2. The molecule has 1 aromatic rings. The van der Waals surface area contributed by atoms with Gasteiger partial charge in [-0.2, -0.15) is 0 Å². The fourth-order valence-electron chi connectivity index (χ4n) is 1.70. The smallest absolute Gasteiger partial charge is 0.337 e. The van der Waals surface area contributed by atoms with Gasteiger partial charge in [-0.25, -0.2) is 4.79 Å². The zero-order valence-corrected chi connectivity index (χ0v) is 9.03. The average molecular weight is 204 g/mol. The van der Waals surface area contributed by atoms with Crippen LogP contribution in [0.15, 0.2) is 24.3 Å². The van der Waals surface area contributed by atoms with E-state index in [1.165, 1.54) is 31.9 Å². The third-order valence-corrected chi connectivity index (χ3v) is 2.91. The number of benzene rings is 1. The van der Waals surface area contributed by atoms with Gasteiger partial charge in [-0.3, -0.25) is 0 Å². The number of rotatable bonds is 4. The number of esters is 1. The van der Waals surface area contributed by atoms with E-state index in [4.69, 9.17) is 0 Å². The van der Waals surface area contributed by atoms with Crippen LogP contribution in [0, 0.1) is 5.92 Å². The summed E-state index contributed by atoms with van der Waals surface area (Å²) < 4.78 is 4.65. The molecule has 2 heteroatoms. The van der Waals surface area contributed by atoms with Crippen molar-refractivity contribution in [1.29, 1.82) is 0 Å². The Morgan fingerprint density at radius 2 is 2.00 bits per heavy atom. The van der Waals surface area contributed by atoms with Gasteiger partial charge in [0, 0.05) is 0 Å². The summed E-state index contributed by atoms with van der Waals surface area (Å²) in [5, 5.41) is 0. The normalized spacial score (nSPS) is 15.0. The summed E-state index contributed by atoms with van der Waals surface area (Å²) >= 11 is 0. The van der Waals surface area contributed by atoms with Crippen LogP contribution in [-0.4, -0.2) is 13.1 Å². The highest BCUT2D eigenvalue weighted by atomic mass is 16.5. The van der Waals surface area contributed by atoms with Gasteiger partial charge in [0.2, 0.25) is 0 Å². The van der Waals surface area contributed by atoms with E-state index >= 15 is 0 Å². The first-order valence-electron chi connectivity index (χ1n) is 5.47. The minimum Gasteiger partial charge on any atom is -0.465 e. The predicted molar refractivity (Wildman–Crippen MR) is 58.8 cm³/mol. The van der Waals surface area contributed by atoms with Gasteiger partial charge in [0.25, 0.3) is 0 Å². The number of hydrogen-bond acceptors (Lipinski definition) is 2. The molecule has 1 aromatic carbocycles. The van der Waals surface area contributed by atoms with Crippen molar-refractivity contribution in [2.45, 2.75) is 25.7 Å². The highest BCUT2D eigenvalue weighted by molar-refractivity contribution is 5.89. The van der Waals surface area contributed by atoms with E-state index in [1.54, 1.807) is 0 Å². The highest BCUT2D eigenvalue weighted by Crippen LogP contribution is 2.33. The van der Waals surface area contributed by atoms with Crippen molar-refractivity contribution in [1.82, 2.24) is 0 Å². The predicted octanol–water partition coefficient (Wildman–Crippen LogP) is 2.82. The summed E-state index contributed by atoms with van der Waals surface area (Å²) in [6, 6.07) is 7.73. The monoisotopic (exact) mass is 204 g/mol. The number of ether oxygens (including phenoxy) is 1. The lowest BCUT2D eigenvalue weighted by Crippen LogP contribution is -2.00. The van der Waals surface area contributed by atoms with E-state index in [-0.39, 0.29) is 5.97 Å². The summed E-state index contributed by atoms with van der Waals surface area (Å²) in [4.78, 5) is 11.2. The molecule has 0 bridgehead atoms. The van der Waals surface area contributed by atoms with E-state index in [9.17, 15) is 4.79 Å². The minimum atomic E-state index is -0.260. The van der Waals surface area contributed by atoms with Gasteiger partial charge in [-0.1, -0.05) is 25.0 Å². The van der Waals surface area contributed by atoms with Gasteiger partial charge in [0.15, 0.2) is 0 Å². The molecule has 1 fully saturated rings. The van der Waals surface area contributed by atoms with Gasteiger partial charge in [-0.05, 0) is 36.5 Å². The van der Waals surface area contributed by atoms with Crippen LogP contribution in [0.25, 0.3) is 0 Å². The molecule has 1 aliphatic carbocycles. The molecule has 0 aliphatic heterocycles. The second-order valence-electron chi connectivity index (χ2n) is 4.17. The first kappa shape index (κ1) is 10.2. The number of carbonyl (C=O) groups is 1. The Hall–Kier alpha value is -1.31. The Morgan fingerprint density at radius 3 is 2.53 bits per heavy atom. The lowest BCUT2D eigenvalue weighted by atomic mass is 10.1. The molecule has 15 heavy (non-hydrogen) atoms. The summed E-state index contributed by atoms with van der Waals surface area (Å²) in [7, 11) is 1.41. The van der Waals surface area contributed by atoms with E-state index in [1.807, 2.05) is 24.3 Å². The summed E-state index contributed by atoms with van der Waals surface area (Å²) in [5.74, 6) is 0.703. The largest absolute Gasteiger partial charge is 0.465 e. The summed E-state index contributed by atoms with van der Waals surface area (Å²) in [6.07, 6.45) is 5.23. The van der Waals surface area contributed by atoms with Crippen molar-refractivity contribution in [2.75, 3.05) is 7.11 Å². The molecule has 0 saturated heterocycles. The molecule has 0 amide bonds. The van der Waals surface area contributed by atoms with Crippen LogP contribution in [0.2, 0.25) is 0 Å². The lowest BCUT2D eigenvalue weighted by Gasteiger charge is -2.02. The molecular formula is C13H16O2. The third-order valence-electron chi connectivity index (χ3n) is 2.91. The molecule has 0 aromatic heterocycles. The zero-order valence-electron chi connectivity index (χ0n) is 9.03. The molecule has 2 rings (SSSR count). The Labute approximate surface area is 90.3 Å². The van der Waals surface area contributed by atoms with Crippen LogP contribution in [0.1, 0.15) is 35.2 Å². The van der Waals surface area contributed by atoms with Crippen LogP contribution in [-0.2, 0) is 11.2 Å². The summed E-state index contributed by atoms with van der Waals surface area (Å²) in [5.41, 5.74) is 1.95. The Balaban J connectivity index is 1.93. The third kappa shape index (κ3) is 2.82. The van der Waals surface area contributed by atoms with Crippen LogP contribution >= 0.6 is 0 Å². The van der Waals surface area contributed by atoms with Crippen LogP contribution < -0.4 is 0 Å². The number of methoxy groups -OCH3 is 1. The molecule has 0 spiro atoms. The van der Waals surface area contributed by atoms with Gasteiger partial charge in [0.1, 0.15) is 0 Å². The van der Waals surface area contributed by atoms with Crippen LogP contribution in [0.3, 0.4) is 0 Å². The number of hydrogen-bond donors (Lipinski definition) is 0. The molecule has 0 atom stereocenters. The Kier molecular flexibility index (Phi) is 3.05. The zero-order chi connectivity index (χ0) is 10.7. The topological polar surface area (TPSA) is 26.3 Å². The second-order valence-corrected chi connectivity index (χ2v) is 4.17. The molecule has 1 saturated carbocycles. The first-order valence-corrected chi connectivity index (χ1v) is 5.47. The van der Waals surface area contributed by atoms with Crippen molar-refractivity contribution in [2.24, 2.45) is 5.92 Å². The first-order chi connectivity index (χ1) is 7.29. The van der Waals surface area contributed by atoms with Crippen molar-refractivity contribution < 1.29 is 9.53 Å². The second kappa shape index (κ2) is 4.47. The Morgan fingerprint density at radius 1 is 1.33 bits per heavy atom. The van der Waals surface area contributed by atoms with E-state index < -0.39 is 0 Å². The minimum absolute atomic E-state index is 0.260. The lowest BCUT2D eigenvalue weighted by molar-refractivity contribution is 0.0600. The van der Waals surface area contributed by atoms with Crippen molar-refractivity contribution in [3.05, 3.63) is 35.4 Å². The van der Waals surface area contributed by atoms with E-state index in [0.717, 1.165) is 12.3 Å². The highest BCUT2D eigenvalue weighted by Gasteiger charge is 2.20. The van der Waals surface area contributed by atoms with Gasteiger partial charge in [0.05, 0.1) is 12.7 Å². The van der Waals surface area contributed by atoms with E-state index in [2.05, 4.69) is 4.74 Å². The van der Waals surface area contributed by atoms with Crippen LogP contribution in [0.5, 0.6) is 0 Å². The van der Waals surface area contributed by atoms with Gasteiger partial charge in [-0.15, -0.1) is 0 Å². The molecule has 0 heterocycles. The molecule has 0 radical (unpaired) electrons. The molecule has 2 nitrogen and oxygen atoms in total. The number of aryl methyl sites for hydroxylation is 1.